The van der Waals surface area contributed by atoms with Gasteiger partial charge in [0.05, 0.1) is 11.3 Å². The first-order chi connectivity index (χ1) is 10.2. The Morgan fingerprint density at radius 3 is 2.45 bits per heavy atom. The first-order valence-electron chi connectivity index (χ1n) is 6.21. The van der Waals surface area contributed by atoms with Crippen molar-refractivity contribution in [2.75, 3.05) is 25.5 Å². The second kappa shape index (κ2) is 5.66. The Morgan fingerprint density at radius 1 is 1.27 bits per heavy atom. The van der Waals surface area contributed by atoms with Crippen LogP contribution < -0.4 is 5.32 Å². The molecule has 22 heavy (non-hydrogen) atoms. The number of carbonyl (C=O) groups is 3. The van der Waals surface area contributed by atoms with Gasteiger partial charge in [-0.25, -0.2) is 4.79 Å². The highest BCUT2D eigenvalue weighted by Gasteiger charge is 2.36. The summed E-state index contributed by atoms with van der Waals surface area (Å²) in [7, 11) is 1.39. The molecule has 1 fully saturated rings. The van der Waals surface area contributed by atoms with E-state index in [0.717, 1.165) is 17.0 Å². The molecule has 2 rings (SSSR count). The van der Waals surface area contributed by atoms with Crippen LogP contribution in [-0.2, 0) is 15.8 Å². The van der Waals surface area contributed by atoms with E-state index >= 15 is 0 Å². The van der Waals surface area contributed by atoms with E-state index in [9.17, 15) is 27.6 Å². The summed E-state index contributed by atoms with van der Waals surface area (Å²) >= 11 is 0. The van der Waals surface area contributed by atoms with Crippen molar-refractivity contribution in [3.63, 3.8) is 0 Å². The van der Waals surface area contributed by atoms with Crippen molar-refractivity contribution in [2.24, 2.45) is 0 Å². The molecule has 4 amide bonds. The molecular formula is C13H12F3N3O3. The van der Waals surface area contributed by atoms with Gasteiger partial charge in [0, 0.05) is 7.05 Å². The van der Waals surface area contributed by atoms with E-state index in [1.807, 2.05) is 0 Å². The smallest absolute Gasteiger partial charge is 0.324 e. The fraction of sp³-hybridized carbons (Fsp3) is 0.308. The third-order valence-corrected chi connectivity index (χ3v) is 3.04. The van der Waals surface area contributed by atoms with E-state index in [4.69, 9.17) is 0 Å². The minimum atomic E-state index is -4.62. The average molecular weight is 315 g/mol. The van der Waals surface area contributed by atoms with Crippen molar-refractivity contribution < 1.29 is 27.6 Å². The molecule has 1 aliphatic heterocycles. The Kier molecular flexibility index (Phi) is 4.07. The number of likely N-dealkylation sites (N-methyl/N-ethyl adjacent to an activating group) is 1. The number of amides is 4. The highest BCUT2D eigenvalue weighted by molar-refractivity contribution is 6.06. The first kappa shape index (κ1) is 15.8. The molecule has 0 radical (unpaired) electrons. The molecule has 0 aliphatic carbocycles. The minimum Gasteiger partial charge on any atom is -0.324 e. The molecule has 1 aromatic rings. The number of anilines is 1. The number of imide groups is 1. The zero-order chi connectivity index (χ0) is 16.5. The van der Waals surface area contributed by atoms with Crippen LogP contribution in [-0.4, -0.2) is 47.8 Å². The summed E-state index contributed by atoms with van der Waals surface area (Å²) in [5, 5.41) is 2.08. The van der Waals surface area contributed by atoms with Gasteiger partial charge in [-0.05, 0) is 12.1 Å². The molecule has 1 saturated heterocycles. The Hall–Kier alpha value is -2.58. The van der Waals surface area contributed by atoms with E-state index in [2.05, 4.69) is 5.32 Å². The Labute approximate surface area is 123 Å². The summed E-state index contributed by atoms with van der Waals surface area (Å²) < 4.78 is 38.4. The molecular weight excluding hydrogens is 303 g/mol. The number of hydrogen-bond donors (Lipinski definition) is 1. The molecule has 1 aromatic carbocycles. The third-order valence-electron chi connectivity index (χ3n) is 3.04. The lowest BCUT2D eigenvalue weighted by Crippen LogP contribution is -2.38. The van der Waals surface area contributed by atoms with E-state index < -0.39 is 41.8 Å². The van der Waals surface area contributed by atoms with Crippen LogP contribution in [0, 0.1) is 0 Å². The van der Waals surface area contributed by atoms with Crippen molar-refractivity contribution in [3.05, 3.63) is 29.8 Å². The van der Waals surface area contributed by atoms with Gasteiger partial charge >= 0.3 is 12.2 Å². The number of alkyl halides is 3. The topological polar surface area (TPSA) is 69.7 Å². The molecule has 0 unspecified atom stereocenters. The van der Waals surface area contributed by atoms with Gasteiger partial charge in [-0.3, -0.25) is 14.5 Å². The van der Waals surface area contributed by atoms with Crippen LogP contribution in [0.3, 0.4) is 0 Å². The number of para-hydroxylation sites is 1. The molecule has 1 heterocycles. The van der Waals surface area contributed by atoms with Gasteiger partial charge in [0.2, 0.25) is 5.91 Å². The maximum atomic E-state index is 12.8. The van der Waals surface area contributed by atoms with Crippen LogP contribution in [0.5, 0.6) is 0 Å². The number of hydrogen-bond acceptors (Lipinski definition) is 3. The Bertz CT molecular complexity index is 630. The van der Waals surface area contributed by atoms with Crippen molar-refractivity contribution in [1.82, 2.24) is 9.80 Å². The van der Waals surface area contributed by atoms with Gasteiger partial charge in [-0.2, -0.15) is 13.2 Å². The summed E-state index contributed by atoms with van der Waals surface area (Å²) in [5.74, 6) is -1.46. The lowest BCUT2D eigenvalue weighted by molar-refractivity contribution is -0.137. The first-order valence-corrected chi connectivity index (χ1v) is 6.21. The van der Waals surface area contributed by atoms with Crippen LogP contribution >= 0.6 is 0 Å². The van der Waals surface area contributed by atoms with Crippen molar-refractivity contribution in [3.8, 4) is 0 Å². The van der Waals surface area contributed by atoms with Gasteiger partial charge in [0.15, 0.2) is 0 Å². The second-order valence-corrected chi connectivity index (χ2v) is 4.71. The summed E-state index contributed by atoms with van der Waals surface area (Å²) in [6.45, 7) is -0.792. The average Bonchev–Trinajstić information content (AvgIpc) is 2.65. The predicted octanol–water partition coefficient (Wildman–Crippen LogP) is 1.54. The molecule has 0 atom stereocenters. The standard InChI is InChI=1S/C13H12F3N3O3/c1-18-7-11(21)19(12(18)22)6-10(20)17-9-5-3-2-4-8(9)13(14,15)16/h2-5H,6-7H2,1H3,(H,17,20). The fourth-order valence-electron chi connectivity index (χ4n) is 2.00. The minimum absolute atomic E-state index is 0.161. The number of nitrogens with zero attached hydrogens (tertiary/aromatic N) is 2. The van der Waals surface area contributed by atoms with Crippen LogP contribution in [0.2, 0.25) is 0 Å². The van der Waals surface area contributed by atoms with Gasteiger partial charge in [0.25, 0.3) is 5.91 Å². The second-order valence-electron chi connectivity index (χ2n) is 4.71. The molecule has 1 aliphatic rings. The normalized spacial score (nSPS) is 15.5. The maximum Gasteiger partial charge on any atom is 0.418 e. The van der Waals surface area contributed by atoms with Gasteiger partial charge in [-0.1, -0.05) is 12.1 Å². The summed E-state index contributed by atoms with van der Waals surface area (Å²) in [5.41, 5.74) is -1.42. The largest absolute Gasteiger partial charge is 0.418 e. The molecule has 6 nitrogen and oxygen atoms in total. The number of halogens is 3. The van der Waals surface area contributed by atoms with Crippen molar-refractivity contribution in [2.45, 2.75) is 6.18 Å². The van der Waals surface area contributed by atoms with Crippen molar-refractivity contribution >= 4 is 23.5 Å². The van der Waals surface area contributed by atoms with Crippen LogP contribution in [0.4, 0.5) is 23.7 Å². The van der Waals surface area contributed by atoms with E-state index in [1.54, 1.807) is 0 Å². The lowest BCUT2D eigenvalue weighted by atomic mass is 10.1. The monoisotopic (exact) mass is 315 g/mol. The lowest BCUT2D eigenvalue weighted by Gasteiger charge is -2.16. The summed E-state index contributed by atoms with van der Waals surface area (Å²) in [4.78, 5) is 36.7. The summed E-state index contributed by atoms with van der Waals surface area (Å²) in [6, 6.07) is 3.80. The van der Waals surface area contributed by atoms with E-state index in [0.29, 0.717) is 4.90 Å². The number of rotatable bonds is 3. The quantitative estimate of drug-likeness (QED) is 0.860. The maximum absolute atomic E-state index is 12.8. The third kappa shape index (κ3) is 3.18. The van der Waals surface area contributed by atoms with Gasteiger partial charge in [0.1, 0.15) is 13.1 Å². The number of benzene rings is 1. The molecule has 0 bridgehead atoms. The van der Waals surface area contributed by atoms with Gasteiger partial charge in [-0.15, -0.1) is 0 Å². The highest BCUT2D eigenvalue weighted by Crippen LogP contribution is 2.34. The van der Waals surface area contributed by atoms with Gasteiger partial charge < -0.3 is 10.2 Å². The zero-order valence-electron chi connectivity index (χ0n) is 11.5. The van der Waals surface area contributed by atoms with E-state index in [-0.39, 0.29) is 6.54 Å². The van der Waals surface area contributed by atoms with Crippen LogP contribution in [0.25, 0.3) is 0 Å². The van der Waals surface area contributed by atoms with E-state index in [1.165, 1.54) is 19.2 Å². The highest BCUT2D eigenvalue weighted by atomic mass is 19.4. The fourth-order valence-corrected chi connectivity index (χ4v) is 2.00. The van der Waals surface area contributed by atoms with Crippen molar-refractivity contribution in [1.29, 1.82) is 0 Å². The SMILES string of the molecule is CN1CC(=O)N(CC(=O)Nc2ccccc2C(F)(F)F)C1=O. The van der Waals surface area contributed by atoms with Crippen LogP contribution in [0.15, 0.2) is 24.3 Å². The predicted molar refractivity (Wildman–Crippen MR) is 69.8 cm³/mol. The molecule has 0 aromatic heterocycles. The zero-order valence-corrected chi connectivity index (χ0v) is 11.5. The molecule has 1 N–H and O–H groups in total. The molecule has 118 valence electrons. The molecule has 0 saturated carbocycles. The number of carbonyl (C=O) groups excluding carboxylic acids is 3. The number of urea groups is 1. The number of nitrogens with one attached hydrogen (secondary N) is 1. The Balaban J connectivity index is 2.11. The van der Waals surface area contributed by atoms with Crippen LogP contribution in [0.1, 0.15) is 5.56 Å². The molecule has 0 spiro atoms. The summed E-state index contributed by atoms with van der Waals surface area (Å²) in [6.07, 6.45) is -4.62. The Morgan fingerprint density at radius 2 is 1.91 bits per heavy atom. The molecule has 9 heteroatoms.